The molecule has 0 aromatic carbocycles. The summed E-state index contributed by atoms with van der Waals surface area (Å²) >= 11 is 1.16. The fraction of sp³-hybridized carbons (Fsp3) is 0. The predicted octanol–water partition coefficient (Wildman–Crippen LogP) is 0.793. The maximum atomic E-state index is 10.2. The molecule has 1 N–H and O–H groups in total. The molecule has 1 aliphatic rings. The van der Waals surface area contributed by atoms with Crippen molar-refractivity contribution >= 4 is 22.6 Å². The molecule has 7 heavy (non-hydrogen) atoms. The normalized spacial score (nSPS) is 18.9. The Balaban J connectivity index is 2.81. The Morgan fingerprint density at radius 1 is 1.71 bits per heavy atom. The lowest BCUT2D eigenvalue weighted by molar-refractivity contribution is -0.108. The number of thioether (sulfide) groups is 1. The first kappa shape index (κ1) is 4.59. The number of hydrogen-bond donors (Lipinski definition) is 1. The summed E-state index contributed by atoms with van der Waals surface area (Å²) in [7, 11) is 0. The Labute approximate surface area is 45.1 Å². The smallest absolute Gasteiger partial charge is 0.210 e. The van der Waals surface area contributed by atoms with Crippen molar-refractivity contribution in [3.63, 3.8) is 0 Å². The Morgan fingerprint density at radius 3 is 2.57 bits per heavy atom. The van der Waals surface area contributed by atoms with Crippen molar-refractivity contribution in [2.75, 3.05) is 0 Å². The van der Waals surface area contributed by atoms with Crippen LogP contribution >= 0.6 is 11.8 Å². The van der Waals surface area contributed by atoms with Crippen molar-refractivity contribution < 1.29 is 4.79 Å². The van der Waals surface area contributed by atoms with Crippen LogP contribution in [-0.2, 0) is 4.79 Å². The number of carbonyl (C=O) groups is 1. The van der Waals surface area contributed by atoms with Crippen LogP contribution in [0.15, 0.2) is 11.5 Å². The molecule has 0 saturated heterocycles. The molecule has 3 heteroatoms. The molecule has 0 amide bonds. The maximum Gasteiger partial charge on any atom is 0.210 e. The largest absolute Gasteiger partial charge is 0.290 e. The first-order valence-electron chi connectivity index (χ1n) is 1.77. The van der Waals surface area contributed by atoms with E-state index >= 15 is 0 Å². The van der Waals surface area contributed by atoms with Gasteiger partial charge < -0.3 is 0 Å². The van der Waals surface area contributed by atoms with Gasteiger partial charge in [-0.2, -0.15) is 0 Å². The summed E-state index contributed by atoms with van der Waals surface area (Å²) in [6, 6.07) is 0. The lowest BCUT2D eigenvalue weighted by Crippen LogP contribution is -1.97. The minimum atomic E-state index is -0.176. The molecule has 0 spiro atoms. The SMILES string of the molecule is N=C1SC=CC1=O. The first-order chi connectivity index (χ1) is 3.30. The highest BCUT2D eigenvalue weighted by Crippen LogP contribution is 2.12. The van der Waals surface area contributed by atoms with Crippen molar-refractivity contribution in [1.29, 1.82) is 5.41 Å². The van der Waals surface area contributed by atoms with E-state index in [1.54, 1.807) is 5.41 Å². The highest BCUT2D eigenvalue weighted by molar-refractivity contribution is 8.18. The van der Waals surface area contributed by atoms with E-state index < -0.39 is 0 Å². The Kier molecular flexibility index (Phi) is 0.982. The Bertz CT molecular complexity index is 150. The number of ketones is 1. The maximum absolute atomic E-state index is 10.2. The molecule has 0 fully saturated rings. The number of nitrogens with one attached hydrogen (secondary N) is 1. The molecule has 0 saturated carbocycles. The van der Waals surface area contributed by atoms with Crippen molar-refractivity contribution in [1.82, 2.24) is 0 Å². The third-order valence-electron chi connectivity index (χ3n) is 0.629. The molecule has 1 heterocycles. The standard InChI is InChI=1S/C4H3NOS/c5-4-3(6)1-2-7-4/h1-2,5H. The average Bonchev–Trinajstić information content (AvgIpc) is 1.91. The summed E-state index contributed by atoms with van der Waals surface area (Å²) in [6.45, 7) is 0. The number of rotatable bonds is 0. The molecule has 0 aromatic heterocycles. The van der Waals surface area contributed by atoms with E-state index in [4.69, 9.17) is 5.41 Å². The third-order valence-corrected chi connectivity index (χ3v) is 1.34. The zero-order valence-corrected chi connectivity index (χ0v) is 4.29. The van der Waals surface area contributed by atoms with Crippen LogP contribution in [0.4, 0.5) is 0 Å². The van der Waals surface area contributed by atoms with Crippen molar-refractivity contribution in [3.8, 4) is 0 Å². The summed E-state index contributed by atoms with van der Waals surface area (Å²) in [4.78, 5) is 10.2. The lowest BCUT2D eigenvalue weighted by atomic mass is 10.4. The van der Waals surface area contributed by atoms with Gasteiger partial charge in [0.05, 0.1) is 0 Å². The van der Waals surface area contributed by atoms with Gasteiger partial charge in [0.2, 0.25) is 5.78 Å². The molecule has 36 valence electrons. The van der Waals surface area contributed by atoms with Gasteiger partial charge in [-0.05, 0) is 11.5 Å². The molecule has 0 aromatic rings. The topological polar surface area (TPSA) is 40.9 Å². The fourth-order valence-corrected chi connectivity index (χ4v) is 0.810. The van der Waals surface area contributed by atoms with E-state index in [0.717, 1.165) is 11.8 Å². The molecule has 1 aliphatic heterocycles. The van der Waals surface area contributed by atoms with Crippen LogP contribution in [0, 0.1) is 5.41 Å². The third kappa shape index (κ3) is 0.718. The fourth-order valence-electron chi connectivity index (χ4n) is 0.298. The molecular formula is C4H3NOS. The molecule has 2 nitrogen and oxygen atoms in total. The lowest BCUT2D eigenvalue weighted by Gasteiger charge is -1.77. The summed E-state index contributed by atoms with van der Waals surface area (Å²) in [5.74, 6) is -0.176. The van der Waals surface area contributed by atoms with E-state index in [1.165, 1.54) is 6.08 Å². The summed E-state index contributed by atoms with van der Waals surface area (Å²) in [6.07, 6.45) is 1.40. The Morgan fingerprint density at radius 2 is 2.43 bits per heavy atom. The quantitative estimate of drug-likeness (QED) is 0.504. The van der Waals surface area contributed by atoms with Crippen LogP contribution in [0.1, 0.15) is 0 Å². The number of allylic oxidation sites excluding steroid dienone is 1. The average molecular weight is 113 g/mol. The van der Waals surface area contributed by atoms with Gasteiger partial charge in [0.25, 0.3) is 0 Å². The summed E-state index contributed by atoms with van der Waals surface area (Å²) < 4.78 is 0. The summed E-state index contributed by atoms with van der Waals surface area (Å²) in [5, 5.41) is 8.55. The van der Waals surface area contributed by atoms with Gasteiger partial charge >= 0.3 is 0 Å². The van der Waals surface area contributed by atoms with Gasteiger partial charge in [0.1, 0.15) is 5.04 Å². The second-order valence-corrected chi connectivity index (χ2v) is 2.03. The molecule has 0 radical (unpaired) electrons. The first-order valence-corrected chi connectivity index (χ1v) is 2.65. The van der Waals surface area contributed by atoms with E-state index in [1.807, 2.05) is 0 Å². The van der Waals surface area contributed by atoms with E-state index in [2.05, 4.69) is 0 Å². The van der Waals surface area contributed by atoms with Crippen LogP contribution in [-0.4, -0.2) is 10.8 Å². The highest BCUT2D eigenvalue weighted by atomic mass is 32.2. The number of carbonyl (C=O) groups excluding carboxylic acids is 1. The zero-order valence-electron chi connectivity index (χ0n) is 3.47. The van der Waals surface area contributed by atoms with Gasteiger partial charge in [-0.15, -0.1) is 0 Å². The van der Waals surface area contributed by atoms with Gasteiger partial charge in [0.15, 0.2) is 0 Å². The molecule has 0 aliphatic carbocycles. The van der Waals surface area contributed by atoms with Crippen LogP contribution in [0.3, 0.4) is 0 Å². The van der Waals surface area contributed by atoms with Gasteiger partial charge in [-0.25, -0.2) is 0 Å². The van der Waals surface area contributed by atoms with Crippen LogP contribution < -0.4 is 0 Å². The van der Waals surface area contributed by atoms with Crippen LogP contribution in [0.2, 0.25) is 0 Å². The minimum absolute atomic E-state index is 0.125. The van der Waals surface area contributed by atoms with Crippen LogP contribution in [0.5, 0.6) is 0 Å². The van der Waals surface area contributed by atoms with Gasteiger partial charge in [-0.1, -0.05) is 11.8 Å². The molecular weight excluding hydrogens is 110 g/mol. The minimum Gasteiger partial charge on any atom is -0.290 e. The highest BCUT2D eigenvalue weighted by Gasteiger charge is 2.09. The Hall–Kier alpha value is -0.570. The number of hydrogen-bond acceptors (Lipinski definition) is 3. The summed E-state index contributed by atoms with van der Waals surface area (Å²) in [5.41, 5.74) is 0. The molecule has 0 bridgehead atoms. The van der Waals surface area contributed by atoms with Crippen molar-refractivity contribution in [3.05, 3.63) is 11.5 Å². The van der Waals surface area contributed by atoms with E-state index in [-0.39, 0.29) is 10.8 Å². The second kappa shape index (κ2) is 1.50. The molecule has 0 unspecified atom stereocenters. The van der Waals surface area contributed by atoms with Crippen molar-refractivity contribution in [2.24, 2.45) is 0 Å². The molecule has 1 rings (SSSR count). The van der Waals surface area contributed by atoms with Gasteiger partial charge in [0, 0.05) is 0 Å². The van der Waals surface area contributed by atoms with Crippen molar-refractivity contribution in [2.45, 2.75) is 0 Å². The monoisotopic (exact) mass is 113 g/mol. The van der Waals surface area contributed by atoms with E-state index in [9.17, 15) is 4.79 Å². The second-order valence-electron chi connectivity index (χ2n) is 1.11. The van der Waals surface area contributed by atoms with Gasteiger partial charge in [-0.3, -0.25) is 10.2 Å². The van der Waals surface area contributed by atoms with Crippen LogP contribution in [0.25, 0.3) is 0 Å². The van der Waals surface area contributed by atoms with E-state index in [0.29, 0.717) is 0 Å². The molecule has 0 atom stereocenters. The zero-order chi connectivity index (χ0) is 5.28. The predicted molar refractivity (Wildman–Crippen MR) is 29.5 cm³/mol.